The van der Waals surface area contributed by atoms with E-state index in [0.29, 0.717) is 6.54 Å². The average Bonchev–Trinajstić information content (AvgIpc) is 2.14. The molecular weight excluding hydrogens is 198 g/mol. The van der Waals surface area contributed by atoms with Gasteiger partial charge in [-0.25, -0.2) is 4.98 Å². The Kier molecular flexibility index (Phi) is 4.69. The summed E-state index contributed by atoms with van der Waals surface area (Å²) < 4.78 is 0. The summed E-state index contributed by atoms with van der Waals surface area (Å²) in [6.07, 6.45) is 0. The Balaban J connectivity index is 2.78. The minimum atomic E-state index is -0.0723. The topological polar surface area (TPSA) is 57.8 Å². The first-order valence-electron chi connectivity index (χ1n) is 4.57. The Bertz CT molecular complexity index is 337. The van der Waals surface area contributed by atoms with E-state index in [9.17, 15) is 4.79 Å². The number of nitrogens with zero attached hydrogens (tertiary/aromatic N) is 1. The van der Waals surface area contributed by atoms with Gasteiger partial charge in [-0.1, -0.05) is 6.92 Å². The molecule has 0 saturated heterocycles. The molecule has 0 saturated carbocycles. The van der Waals surface area contributed by atoms with E-state index in [1.54, 1.807) is 11.8 Å². The van der Waals surface area contributed by atoms with Gasteiger partial charge in [0.25, 0.3) is 5.56 Å². The monoisotopic (exact) mass is 213 g/mol. The fraction of sp³-hybridized carbons (Fsp3) is 0.556. The van der Waals surface area contributed by atoms with Crippen LogP contribution < -0.4 is 10.9 Å². The lowest BCUT2D eigenvalue weighted by molar-refractivity contribution is 0.773. The number of hydrogen-bond acceptors (Lipinski definition) is 4. The standard InChI is InChI=1S/C9H15N3OS/c1-3-14-6-8-11-7(5-10-2)4-9(13)12-8/h4,10H,3,5-6H2,1-2H3,(H,11,12,13). The largest absolute Gasteiger partial charge is 0.314 e. The van der Waals surface area contributed by atoms with Crippen LogP contribution in [0.1, 0.15) is 18.4 Å². The van der Waals surface area contributed by atoms with E-state index in [1.807, 2.05) is 7.05 Å². The average molecular weight is 213 g/mol. The summed E-state index contributed by atoms with van der Waals surface area (Å²) in [4.78, 5) is 18.3. The molecule has 1 aromatic rings. The van der Waals surface area contributed by atoms with Crippen molar-refractivity contribution in [1.29, 1.82) is 0 Å². The van der Waals surface area contributed by atoms with Crippen LogP contribution >= 0.6 is 11.8 Å². The second kappa shape index (κ2) is 5.82. The maximum Gasteiger partial charge on any atom is 0.251 e. The predicted octanol–water partition coefficient (Wildman–Crippen LogP) is 0.742. The van der Waals surface area contributed by atoms with Crippen molar-refractivity contribution < 1.29 is 0 Å². The third kappa shape index (κ3) is 3.51. The number of hydrogen-bond donors (Lipinski definition) is 2. The molecule has 0 aliphatic heterocycles. The Labute approximate surface area is 87.5 Å². The number of rotatable bonds is 5. The number of aromatic amines is 1. The molecule has 5 heteroatoms. The van der Waals surface area contributed by atoms with Crippen LogP contribution in [0.15, 0.2) is 10.9 Å². The van der Waals surface area contributed by atoms with Gasteiger partial charge in [-0.05, 0) is 12.8 Å². The molecular formula is C9H15N3OS. The molecule has 1 aromatic heterocycles. The third-order valence-corrected chi connectivity index (χ3v) is 2.53. The van der Waals surface area contributed by atoms with Gasteiger partial charge in [-0.15, -0.1) is 0 Å². The summed E-state index contributed by atoms with van der Waals surface area (Å²) in [5.74, 6) is 2.55. The maximum atomic E-state index is 11.2. The predicted molar refractivity (Wildman–Crippen MR) is 59.5 cm³/mol. The molecule has 78 valence electrons. The molecule has 2 N–H and O–H groups in total. The Morgan fingerprint density at radius 1 is 1.64 bits per heavy atom. The van der Waals surface area contributed by atoms with Crippen molar-refractivity contribution >= 4 is 11.8 Å². The zero-order valence-corrected chi connectivity index (χ0v) is 9.28. The van der Waals surface area contributed by atoms with Gasteiger partial charge in [0.1, 0.15) is 5.82 Å². The van der Waals surface area contributed by atoms with Crippen LogP contribution in [0.3, 0.4) is 0 Å². The van der Waals surface area contributed by atoms with Gasteiger partial charge in [-0.3, -0.25) is 4.79 Å². The SMILES string of the molecule is CCSCc1nc(CNC)cc(=O)[nH]1. The van der Waals surface area contributed by atoms with E-state index in [1.165, 1.54) is 6.07 Å². The first-order valence-corrected chi connectivity index (χ1v) is 5.73. The normalized spacial score (nSPS) is 10.4. The highest BCUT2D eigenvalue weighted by Crippen LogP contribution is 2.05. The zero-order valence-electron chi connectivity index (χ0n) is 8.46. The van der Waals surface area contributed by atoms with E-state index in [0.717, 1.165) is 23.0 Å². The molecule has 0 spiro atoms. The van der Waals surface area contributed by atoms with E-state index in [4.69, 9.17) is 0 Å². The number of nitrogens with one attached hydrogen (secondary N) is 2. The second-order valence-corrected chi connectivity index (χ2v) is 4.13. The molecule has 0 radical (unpaired) electrons. The van der Waals surface area contributed by atoms with Crippen LogP contribution in [-0.4, -0.2) is 22.8 Å². The molecule has 4 nitrogen and oxygen atoms in total. The number of aromatic nitrogens is 2. The zero-order chi connectivity index (χ0) is 10.4. The lowest BCUT2D eigenvalue weighted by atomic mass is 10.4. The van der Waals surface area contributed by atoms with Crippen molar-refractivity contribution in [3.63, 3.8) is 0 Å². The summed E-state index contributed by atoms with van der Waals surface area (Å²) in [5.41, 5.74) is 0.722. The first kappa shape index (κ1) is 11.3. The molecule has 0 aliphatic carbocycles. The van der Waals surface area contributed by atoms with Crippen molar-refractivity contribution in [2.24, 2.45) is 0 Å². The van der Waals surface area contributed by atoms with Crippen molar-refractivity contribution in [3.05, 3.63) is 27.9 Å². The smallest absolute Gasteiger partial charge is 0.251 e. The molecule has 0 unspecified atom stereocenters. The lowest BCUT2D eigenvalue weighted by Crippen LogP contribution is -2.16. The van der Waals surface area contributed by atoms with Crippen molar-refractivity contribution in [1.82, 2.24) is 15.3 Å². The Hall–Kier alpha value is -0.810. The molecule has 14 heavy (non-hydrogen) atoms. The van der Waals surface area contributed by atoms with Gasteiger partial charge in [0.2, 0.25) is 0 Å². The summed E-state index contributed by atoms with van der Waals surface area (Å²) >= 11 is 1.74. The molecule has 0 amide bonds. The fourth-order valence-corrected chi connectivity index (χ4v) is 1.64. The van der Waals surface area contributed by atoms with E-state index in [-0.39, 0.29) is 5.56 Å². The summed E-state index contributed by atoms with van der Waals surface area (Å²) in [6.45, 7) is 2.72. The summed E-state index contributed by atoms with van der Waals surface area (Å²) in [7, 11) is 1.84. The van der Waals surface area contributed by atoms with Gasteiger partial charge in [0.05, 0.1) is 11.4 Å². The quantitative estimate of drug-likeness (QED) is 0.757. The molecule has 0 aromatic carbocycles. The van der Waals surface area contributed by atoms with Crippen LogP contribution in [0.25, 0.3) is 0 Å². The van der Waals surface area contributed by atoms with Crippen molar-refractivity contribution in [3.8, 4) is 0 Å². The minimum absolute atomic E-state index is 0.0723. The number of thioether (sulfide) groups is 1. The van der Waals surface area contributed by atoms with Crippen molar-refractivity contribution in [2.75, 3.05) is 12.8 Å². The molecule has 0 atom stereocenters. The van der Waals surface area contributed by atoms with E-state index < -0.39 is 0 Å². The Morgan fingerprint density at radius 2 is 2.43 bits per heavy atom. The lowest BCUT2D eigenvalue weighted by Gasteiger charge is -2.02. The highest BCUT2D eigenvalue weighted by atomic mass is 32.2. The molecule has 0 bridgehead atoms. The molecule has 0 aliphatic rings. The number of H-pyrrole nitrogens is 1. The second-order valence-electron chi connectivity index (χ2n) is 2.85. The minimum Gasteiger partial charge on any atom is -0.314 e. The maximum absolute atomic E-state index is 11.2. The Morgan fingerprint density at radius 3 is 3.07 bits per heavy atom. The van der Waals surface area contributed by atoms with E-state index >= 15 is 0 Å². The first-order chi connectivity index (χ1) is 6.76. The van der Waals surface area contributed by atoms with Crippen molar-refractivity contribution in [2.45, 2.75) is 19.2 Å². The summed E-state index contributed by atoms with van der Waals surface area (Å²) in [5, 5.41) is 2.97. The van der Waals surface area contributed by atoms with Gasteiger partial charge >= 0.3 is 0 Å². The fourth-order valence-electron chi connectivity index (χ4n) is 1.10. The molecule has 1 heterocycles. The highest BCUT2D eigenvalue weighted by Gasteiger charge is 2.00. The van der Waals surface area contributed by atoms with Crippen LogP contribution in [0.4, 0.5) is 0 Å². The molecule has 0 fully saturated rings. The third-order valence-electron chi connectivity index (χ3n) is 1.64. The van der Waals surface area contributed by atoms with Gasteiger partial charge in [0.15, 0.2) is 0 Å². The van der Waals surface area contributed by atoms with Crippen LogP contribution in [0.2, 0.25) is 0 Å². The van der Waals surface area contributed by atoms with Gasteiger partial charge in [0, 0.05) is 12.6 Å². The summed E-state index contributed by atoms with van der Waals surface area (Å²) in [6, 6.07) is 1.52. The van der Waals surface area contributed by atoms with E-state index in [2.05, 4.69) is 22.2 Å². The highest BCUT2D eigenvalue weighted by molar-refractivity contribution is 7.98. The van der Waals surface area contributed by atoms with Gasteiger partial charge < -0.3 is 10.3 Å². The van der Waals surface area contributed by atoms with Crippen LogP contribution in [0.5, 0.6) is 0 Å². The van der Waals surface area contributed by atoms with Crippen LogP contribution in [0, 0.1) is 0 Å². The molecule has 1 rings (SSSR count). The van der Waals surface area contributed by atoms with Gasteiger partial charge in [-0.2, -0.15) is 11.8 Å². The van der Waals surface area contributed by atoms with Crippen LogP contribution in [-0.2, 0) is 12.3 Å².